The average molecular weight is 423 g/mol. The highest BCUT2D eigenvalue weighted by molar-refractivity contribution is 6.30. The van der Waals surface area contributed by atoms with E-state index in [0.29, 0.717) is 27.6 Å². The normalized spacial score (nSPS) is 11.2. The molecule has 0 saturated heterocycles. The first-order valence-corrected chi connectivity index (χ1v) is 9.82. The lowest BCUT2D eigenvalue weighted by Crippen LogP contribution is -2.27. The number of benzene rings is 2. The Morgan fingerprint density at radius 3 is 2.70 bits per heavy atom. The Balaban J connectivity index is 1.72. The molecule has 152 valence electrons. The van der Waals surface area contributed by atoms with E-state index in [0.717, 1.165) is 5.39 Å². The second-order valence-corrected chi connectivity index (χ2v) is 7.61. The summed E-state index contributed by atoms with van der Waals surface area (Å²) >= 11 is 5.96. The predicted molar refractivity (Wildman–Crippen MR) is 116 cm³/mol. The van der Waals surface area contributed by atoms with E-state index >= 15 is 0 Å². The molecule has 0 atom stereocenters. The summed E-state index contributed by atoms with van der Waals surface area (Å²) in [6.45, 7) is 3.78. The third kappa shape index (κ3) is 3.97. The van der Waals surface area contributed by atoms with Gasteiger partial charge in [-0.2, -0.15) is 4.98 Å². The number of aromatic nitrogens is 3. The average Bonchev–Trinajstić information content (AvgIpc) is 3.20. The quantitative estimate of drug-likeness (QED) is 0.512. The standard InChI is InChI=1S/C22H19ClN4O3/c1-13(2)21-25-22(30-26-21)17-11-20(29)27(18-9-4-3-8-16(17)18)12-19(28)24-15-7-5-6-14(23)10-15/h3-11,13H,12H2,1-2H3,(H,24,28). The van der Waals surface area contributed by atoms with Crippen molar-refractivity contribution < 1.29 is 9.32 Å². The van der Waals surface area contributed by atoms with Crippen LogP contribution >= 0.6 is 11.6 Å². The van der Waals surface area contributed by atoms with Crippen LogP contribution in [0.3, 0.4) is 0 Å². The summed E-state index contributed by atoms with van der Waals surface area (Å²) in [5.74, 6) is 0.614. The lowest BCUT2D eigenvalue weighted by atomic mass is 10.1. The molecule has 4 rings (SSSR count). The van der Waals surface area contributed by atoms with Gasteiger partial charge >= 0.3 is 0 Å². The topological polar surface area (TPSA) is 90.0 Å². The van der Waals surface area contributed by atoms with Gasteiger partial charge in [0.05, 0.1) is 11.1 Å². The third-order valence-electron chi connectivity index (χ3n) is 4.62. The van der Waals surface area contributed by atoms with Crippen LogP contribution < -0.4 is 10.9 Å². The molecule has 30 heavy (non-hydrogen) atoms. The lowest BCUT2D eigenvalue weighted by molar-refractivity contribution is -0.116. The fraction of sp³-hybridized carbons (Fsp3) is 0.182. The van der Waals surface area contributed by atoms with E-state index in [9.17, 15) is 9.59 Å². The van der Waals surface area contributed by atoms with Crippen molar-refractivity contribution in [3.8, 4) is 11.5 Å². The number of amides is 1. The van der Waals surface area contributed by atoms with Crippen molar-refractivity contribution in [1.29, 1.82) is 0 Å². The zero-order chi connectivity index (χ0) is 21.3. The van der Waals surface area contributed by atoms with E-state index in [-0.39, 0.29) is 29.8 Å². The van der Waals surface area contributed by atoms with Crippen molar-refractivity contribution in [3.63, 3.8) is 0 Å². The van der Waals surface area contributed by atoms with Gasteiger partial charge in [-0.15, -0.1) is 0 Å². The lowest BCUT2D eigenvalue weighted by Gasteiger charge is -2.12. The highest BCUT2D eigenvalue weighted by Gasteiger charge is 2.18. The summed E-state index contributed by atoms with van der Waals surface area (Å²) in [4.78, 5) is 29.9. The highest BCUT2D eigenvalue weighted by atomic mass is 35.5. The molecule has 0 radical (unpaired) electrons. The number of para-hydroxylation sites is 1. The van der Waals surface area contributed by atoms with Crippen LogP contribution in [0.4, 0.5) is 5.69 Å². The van der Waals surface area contributed by atoms with E-state index in [4.69, 9.17) is 16.1 Å². The van der Waals surface area contributed by atoms with Crippen LogP contribution in [0.25, 0.3) is 22.4 Å². The van der Waals surface area contributed by atoms with Crippen molar-refractivity contribution in [2.75, 3.05) is 5.32 Å². The van der Waals surface area contributed by atoms with Crippen LogP contribution in [0, 0.1) is 0 Å². The second-order valence-electron chi connectivity index (χ2n) is 7.17. The minimum atomic E-state index is -0.339. The molecule has 1 N–H and O–H groups in total. The maximum absolute atomic E-state index is 12.9. The Labute approximate surface area is 177 Å². The van der Waals surface area contributed by atoms with Gasteiger partial charge in [0.15, 0.2) is 5.82 Å². The minimum Gasteiger partial charge on any atom is -0.334 e. The Morgan fingerprint density at radius 1 is 1.17 bits per heavy atom. The summed E-state index contributed by atoms with van der Waals surface area (Å²) in [5, 5.41) is 8.00. The number of carbonyl (C=O) groups excluding carboxylic acids is 1. The van der Waals surface area contributed by atoms with Crippen LogP contribution in [0.2, 0.25) is 5.02 Å². The first-order valence-electron chi connectivity index (χ1n) is 9.44. The van der Waals surface area contributed by atoms with E-state index in [1.54, 1.807) is 30.3 Å². The molecule has 0 aliphatic heterocycles. The third-order valence-corrected chi connectivity index (χ3v) is 4.85. The number of pyridine rings is 1. The number of hydrogen-bond acceptors (Lipinski definition) is 5. The summed E-state index contributed by atoms with van der Waals surface area (Å²) in [6.07, 6.45) is 0. The van der Waals surface area contributed by atoms with E-state index in [2.05, 4.69) is 15.5 Å². The number of rotatable bonds is 5. The molecule has 2 aromatic heterocycles. The molecule has 0 spiro atoms. The Morgan fingerprint density at radius 2 is 1.97 bits per heavy atom. The molecular formula is C22H19ClN4O3. The highest BCUT2D eigenvalue weighted by Crippen LogP contribution is 2.27. The molecule has 0 bridgehead atoms. The second kappa shape index (κ2) is 8.12. The van der Waals surface area contributed by atoms with E-state index < -0.39 is 0 Å². The SMILES string of the molecule is CC(C)c1noc(-c2cc(=O)n(CC(=O)Nc3cccc(Cl)c3)c3ccccc23)n1. The van der Waals surface area contributed by atoms with Crippen LogP contribution in [-0.2, 0) is 11.3 Å². The van der Waals surface area contributed by atoms with Crippen molar-refractivity contribution in [3.05, 3.63) is 75.8 Å². The minimum absolute atomic E-state index is 0.101. The van der Waals surface area contributed by atoms with Gasteiger partial charge in [-0.25, -0.2) is 0 Å². The van der Waals surface area contributed by atoms with Crippen molar-refractivity contribution in [2.24, 2.45) is 0 Å². The molecule has 2 heterocycles. The predicted octanol–water partition coefficient (Wildman–Crippen LogP) is 4.47. The van der Waals surface area contributed by atoms with Gasteiger partial charge < -0.3 is 9.84 Å². The smallest absolute Gasteiger partial charge is 0.258 e. The van der Waals surface area contributed by atoms with Crippen molar-refractivity contribution in [2.45, 2.75) is 26.3 Å². The van der Waals surface area contributed by atoms with Gasteiger partial charge in [0.2, 0.25) is 5.91 Å². The van der Waals surface area contributed by atoms with Crippen LogP contribution in [0.15, 0.2) is 63.9 Å². The van der Waals surface area contributed by atoms with Crippen molar-refractivity contribution in [1.82, 2.24) is 14.7 Å². The largest absolute Gasteiger partial charge is 0.334 e. The number of nitrogens with one attached hydrogen (secondary N) is 1. The van der Waals surface area contributed by atoms with Crippen LogP contribution in [-0.4, -0.2) is 20.6 Å². The van der Waals surface area contributed by atoms with Crippen LogP contribution in [0.1, 0.15) is 25.6 Å². The Bertz CT molecular complexity index is 1290. The summed E-state index contributed by atoms with van der Waals surface area (Å²) in [7, 11) is 0. The summed E-state index contributed by atoms with van der Waals surface area (Å²) < 4.78 is 6.80. The first-order chi connectivity index (χ1) is 14.4. The zero-order valence-corrected chi connectivity index (χ0v) is 17.2. The monoisotopic (exact) mass is 422 g/mol. The molecule has 0 aliphatic rings. The van der Waals surface area contributed by atoms with Gasteiger partial charge in [-0.1, -0.05) is 54.9 Å². The van der Waals surface area contributed by atoms with Gasteiger partial charge in [0, 0.05) is 28.1 Å². The van der Waals surface area contributed by atoms with Gasteiger partial charge in [-0.05, 0) is 24.3 Å². The molecule has 7 nitrogen and oxygen atoms in total. The number of nitrogens with zero attached hydrogens (tertiary/aromatic N) is 3. The van der Waals surface area contributed by atoms with Crippen LogP contribution in [0.5, 0.6) is 0 Å². The molecular weight excluding hydrogens is 404 g/mol. The number of carbonyl (C=O) groups is 1. The number of anilines is 1. The van der Waals surface area contributed by atoms with Gasteiger partial charge in [0.25, 0.3) is 11.4 Å². The molecule has 4 aromatic rings. The van der Waals surface area contributed by atoms with E-state index in [1.807, 2.05) is 32.0 Å². The Hall–Kier alpha value is -3.45. The summed E-state index contributed by atoms with van der Waals surface area (Å²) in [5.41, 5.74) is 1.37. The fourth-order valence-corrected chi connectivity index (χ4v) is 3.35. The molecule has 8 heteroatoms. The van der Waals surface area contributed by atoms with E-state index in [1.165, 1.54) is 10.6 Å². The Kier molecular flexibility index (Phi) is 5.37. The summed E-state index contributed by atoms with van der Waals surface area (Å²) in [6, 6.07) is 15.6. The maximum Gasteiger partial charge on any atom is 0.258 e. The number of fused-ring (bicyclic) bond motifs is 1. The fourth-order valence-electron chi connectivity index (χ4n) is 3.16. The van der Waals surface area contributed by atoms with Gasteiger partial charge in [-0.3, -0.25) is 14.2 Å². The molecule has 1 amide bonds. The van der Waals surface area contributed by atoms with Crippen molar-refractivity contribution >= 4 is 34.1 Å². The molecule has 2 aromatic carbocycles. The molecule has 0 fully saturated rings. The molecule has 0 aliphatic carbocycles. The first kappa shape index (κ1) is 19.8. The van der Waals surface area contributed by atoms with Gasteiger partial charge in [0.1, 0.15) is 6.54 Å². The molecule has 0 saturated carbocycles. The maximum atomic E-state index is 12.9. The number of halogens is 1. The zero-order valence-electron chi connectivity index (χ0n) is 16.4. The number of hydrogen-bond donors (Lipinski definition) is 1. The molecule has 0 unspecified atom stereocenters.